The molecule has 0 bridgehead atoms. The van der Waals surface area contributed by atoms with E-state index in [2.05, 4.69) is 15.4 Å². The lowest BCUT2D eigenvalue weighted by Gasteiger charge is -2.12. The Morgan fingerprint density at radius 2 is 1.91 bits per heavy atom. The number of carbonyl (C=O) groups excluding carboxylic acids is 2. The first kappa shape index (κ1) is 18.4. The van der Waals surface area contributed by atoms with Gasteiger partial charge in [0.1, 0.15) is 5.75 Å². The number of hydrogen-bond acceptors (Lipinski definition) is 5. The molecule has 1 aromatic carbocycles. The summed E-state index contributed by atoms with van der Waals surface area (Å²) in [7, 11) is 1.23. The molecule has 0 aliphatic heterocycles. The molecule has 0 heterocycles. The van der Waals surface area contributed by atoms with Gasteiger partial charge in [-0.1, -0.05) is 12.1 Å². The number of carboxylic acids is 1. The molecule has 8 nitrogen and oxygen atoms in total. The number of rotatable bonds is 9. The second kappa shape index (κ2) is 9.42. The Morgan fingerprint density at radius 3 is 2.52 bits per heavy atom. The van der Waals surface area contributed by atoms with Gasteiger partial charge in [0, 0.05) is 7.11 Å². The maximum Gasteiger partial charge on any atom is 0.334 e. The van der Waals surface area contributed by atoms with E-state index < -0.39 is 23.9 Å². The standard InChI is InChI=1S/C15H20N2O6/c1-3-23-11-7-5-4-6-10(11)14(19)17-9-13(18)16-8-12(22-2)15(20)21/h4-7,12H,3,8-9H2,1-2H3,(H,16,18)(H,17,19)(H,20,21). The first-order valence-electron chi connectivity index (χ1n) is 7.01. The summed E-state index contributed by atoms with van der Waals surface area (Å²) in [4.78, 5) is 34.4. The van der Waals surface area contributed by atoms with Crippen LogP contribution in [0.2, 0.25) is 0 Å². The zero-order chi connectivity index (χ0) is 17.2. The number of para-hydroxylation sites is 1. The van der Waals surface area contributed by atoms with Gasteiger partial charge in [-0.3, -0.25) is 9.59 Å². The Kier molecular flexibility index (Phi) is 7.55. The minimum absolute atomic E-state index is 0.184. The van der Waals surface area contributed by atoms with Crippen LogP contribution in [0.1, 0.15) is 17.3 Å². The fourth-order valence-corrected chi connectivity index (χ4v) is 1.73. The summed E-state index contributed by atoms with van der Waals surface area (Å²) in [5, 5.41) is 13.6. The van der Waals surface area contributed by atoms with Gasteiger partial charge in [-0.05, 0) is 19.1 Å². The monoisotopic (exact) mass is 324 g/mol. The fourth-order valence-electron chi connectivity index (χ4n) is 1.73. The average molecular weight is 324 g/mol. The molecule has 0 aliphatic rings. The molecule has 0 aliphatic carbocycles. The number of hydrogen-bond donors (Lipinski definition) is 3. The molecule has 0 radical (unpaired) electrons. The summed E-state index contributed by atoms with van der Waals surface area (Å²) in [6.45, 7) is 1.75. The zero-order valence-electron chi connectivity index (χ0n) is 13.0. The minimum atomic E-state index is -1.18. The predicted molar refractivity (Wildman–Crippen MR) is 81.4 cm³/mol. The lowest BCUT2D eigenvalue weighted by atomic mass is 10.2. The van der Waals surface area contributed by atoms with E-state index in [1.807, 2.05) is 0 Å². The van der Waals surface area contributed by atoms with Crippen molar-refractivity contribution in [3.8, 4) is 5.75 Å². The molecule has 2 amide bonds. The zero-order valence-corrected chi connectivity index (χ0v) is 13.0. The molecule has 1 aromatic rings. The second-order valence-electron chi connectivity index (χ2n) is 4.48. The molecule has 0 aromatic heterocycles. The number of amides is 2. The molecule has 0 fully saturated rings. The topological polar surface area (TPSA) is 114 Å². The Hall–Kier alpha value is -2.61. The van der Waals surface area contributed by atoms with Gasteiger partial charge >= 0.3 is 5.97 Å². The third-order valence-corrected chi connectivity index (χ3v) is 2.89. The summed E-state index contributed by atoms with van der Waals surface area (Å²) in [5.41, 5.74) is 0.322. The molecular weight excluding hydrogens is 304 g/mol. The van der Waals surface area contributed by atoms with Crippen molar-refractivity contribution in [2.24, 2.45) is 0 Å². The summed E-state index contributed by atoms with van der Waals surface area (Å²) in [6, 6.07) is 6.68. The van der Waals surface area contributed by atoms with Gasteiger partial charge in [0.05, 0.1) is 25.3 Å². The number of benzene rings is 1. The largest absolute Gasteiger partial charge is 0.493 e. The number of aliphatic carboxylic acids is 1. The molecule has 3 N–H and O–H groups in total. The quantitative estimate of drug-likeness (QED) is 0.590. The molecule has 1 unspecified atom stereocenters. The Bertz CT molecular complexity index is 561. The smallest absolute Gasteiger partial charge is 0.334 e. The highest BCUT2D eigenvalue weighted by molar-refractivity contribution is 5.98. The van der Waals surface area contributed by atoms with E-state index in [9.17, 15) is 14.4 Å². The van der Waals surface area contributed by atoms with Crippen LogP contribution < -0.4 is 15.4 Å². The molecule has 0 spiro atoms. The number of ether oxygens (including phenoxy) is 2. The van der Waals surface area contributed by atoms with Crippen molar-refractivity contribution in [1.82, 2.24) is 10.6 Å². The van der Waals surface area contributed by atoms with Crippen molar-refractivity contribution < 1.29 is 29.0 Å². The van der Waals surface area contributed by atoms with Crippen LogP contribution in [-0.2, 0) is 14.3 Å². The van der Waals surface area contributed by atoms with Crippen molar-refractivity contribution >= 4 is 17.8 Å². The van der Waals surface area contributed by atoms with Crippen molar-refractivity contribution in [3.05, 3.63) is 29.8 Å². The van der Waals surface area contributed by atoms with E-state index in [1.54, 1.807) is 31.2 Å². The van der Waals surface area contributed by atoms with Gasteiger partial charge in [-0.25, -0.2) is 4.79 Å². The molecule has 8 heteroatoms. The SMILES string of the molecule is CCOc1ccccc1C(=O)NCC(=O)NCC(OC)C(=O)O. The van der Waals surface area contributed by atoms with E-state index in [-0.39, 0.29) is 13.1 Å². The highest BCUT2D eigenvalue weighted by Gasteiger charge is 2.18. The van der Waals surface area contributed by atoms with Crippen LogP contribution in [-0.4, -0.2) is 55.8 Å². The van der Waals surface area contributed by atoms with Crippen LogP contribution >= 0.6 is 0 Å². The van der Waals surface area contributed by atoms with Gasteiger partial charge in [0.15, 0.2) is 6.10 Å². The van der Waals surface area contributed by atoms with Gasteiger partial charge in [-0.15, -0.1) is 0 Å². The van der Waals surface area contributed by atoms with Crippen LogP contribution in [0.3, 0.4) is 0 Å². The molecule has 126 valence electrons. The van der Waals surface area contributed by atoms with Crippen molar-refractivity contribution in [2.75, 3.05) is 26.8 Å². The fraction of sp³-hybridized carbons (Fsp3) is 0.400. The van der Waals surface area contributed by atoms with E-state index in [0.717, 1.165) is 0 Å². The van der Waals surface area contributed by atoms with Crippen LogP contribution in [0.5, 0.6) is 5.75 Å². The number of carbonyl (C=O) groups is 3. The highest BCUT2D eigenvalue weighted by Crippen LogP contribution is 2.17. The first-order chi connectivity index (χ1) is 11.0. The molecule has 1 atom stereocenters. The average Bonchev–Trinajstić information content (AvgIpc) is 2.53. The summed E-state index contributed by atoms with van der Waals surface area (Å²) in [6.07, 6.45) is -1.13. The van der Waals surface area contributed by atoms with Crippen molar-refractivity contribution in [3.63, 3.8) is 0 Å². The van der Waals surface area contributed by atoms with Gasteiger partial charge < -0.3 is 25.2 Å². The molecule has 0 saturated heterocycles. The molecule has 23 heavy (non-hydrogen) atoms. The number of carboxylic acid groups (broad SMARTS) is 1. The summed E-state index contributed by atoms with van der Waals surface area (Å²) >= 11 is 0. The van der Waals surface area contributed by atoms with E-state index in [4.69, 9.17) is 9.84 Å². The Balaban J connectivity index is 2.50. The summed E-state index contributed by atoms with van der Waals surface area (Å²) < 4.78 is 10.0. The van der Waals surface area contributed by atoms with E-state index in [1.165, 1.54) is 7.11 Å². The normalized spacial score (nSPS) is 11.4. The molecule has 1 rings (SSSR count). The van der Waals surface area contributed by atoms with Crippen LogP contribution in [0.15, 0.2) is 24.3 Å². The predicted octanol–water partition coefficient (Wildman–Crippen LogP) is 0.0309. The van der Waals surface area contributed by atoms with Crippen molar-refractivity contribution in [2.45, 2.75) is 13.0 Å². The van der Waals surface area contributed by atoms with Crippen LogP contribution in [0.4, 0.5) is 0 Å². The maximum atomic E-state index is 12.1. The molecular formula is C15H20N2O6. The lowest BCUT2D eigenvalue weighted by molar-refractivity contribution is -0.148. The Labute approximate surface area is 133 Å². The minimum Gasteiger partial charge on any atom is -0.493 e. The van der Waals surface area contributed by atoms with Crippen LogP contribution in [0.25, 0.3) is 0 Å². The Morgan fingerprint density at radius 1 is 1.22 bits per heavy atom. The number of nitrogens with one attached hydrogen (secondary N) is 2. The van der Waals surface area contributed by atoms with Crippen molar-refractivity contribution in [1.29, 1.82) is 0 Å². The third-order valence-electron chi connectivity index (χ3n) is 2.89. The highest BCUT2D eigenvalue weighted by atomic mass is 16.5. The van der Waals surface area contributed by atoms with Gasteiger partial charge in [0.25, 0.3) is 5.91 Å². The van der Waals surface area contributed by atoms with Gasteiger partial charge in [-0.2, -0.15) is 0 Å². The van der Waals surface area contributed by atoms with E-state index >= 15 is 0 Å². The van der Waals surface area contributed by atoms with Crippen LogP contribution in [0, 0.1) is 0 Å². The van der Waals surface area contributed by atoms with Gasteiger partial charge in [0.2, 0.25) is 5.91 Å². The summed E-state index contributed by atoms with van der Waals surface area (Å²) in [5.74, 6) is -1.72. The number of methoxy groups -OCH3 is 1. The molecule has 0 saturated carbocycles. The second-order valence-corrected chi connectivity index (χ2v) is 4.48. The van der Waals surface area contributed by atoms with E-state index in [0.29, 0.717) is 17.9 Å². The first-order valence-corrected chi connectivity index (χ1v) is 7.01. The third kappa shape index (κ3) is 5.95. The maximum absolute atomic E-state index is 12.1. The lowest BCUT2D eigenvalue weighted by Crippen LogP contribution is -2.42.